The number of carbonyl (C=O) groups excluding carboxylic acids is 1. The molecule has 140 valence electrons. The summed E-state index contributed by atoms with van der Waals surface area (Å²) < 4.78 is 16.1. The molecule has 1 amide bonds. The van der Waals surface area contributed by atoms with Gasteiger partial charge in [-0.2, -0.15) is 0 Å². The van der Waals surface area contributed by atoms with Crippen LogP contribution in [0.2, 0.25) is 0 Å². The highest BCUT2D eigenvalue weighted by Crippen LogP contribution is 2.36. The zero-order valence-corrected chi connectivity index (χ0v) is 15.2. The Bertz CT molecular complexity index is 986. The third kappa shape index (κ3) is 4.23. The van der Waals surface area contributed by atoms with Crippen LogP contribution >= 0.6 is 11.3 Å². The topological polar surface area (TPSA) is 113 Å². The number of nitro groups is 1. The van der Waals surface area contributed by atoms with Gasteiger partial charge in [0.15, 0.2) is 17.5 Å². The summed E-state index contributed by atoms with van der Waals surface area (Å²) in [5, 5.41) is 13.9. The Labute approximate surface area is 157 Å². The number of non-ortho nitro benzene ring substituents is 1. The largest absolute Gasteiger partial charge is 0.497 e. The third-order valence-corrected chi connectivity index (χ3v) is 4.47. The molecule has 0 unspecified atom stereocenters. The second kappa shape index (κ2) is 7.87. The number of hydrogen-bond donors (Lipinski definition) is 1. The van der Waals surface area contributed by atoms with Gasteiger partial charge in [0.1, 0.15) is 17.0 Å². The Kier molecular flexibility index (Phi) is 5.36. The molecular formula is C17H15N3O6S. The number of ether oxygens (including phenoxy) is 3. The molecule has 1 heterocycles. The number of fused-ring (bicyclic) bond motifs is 1. The first-order valence-electron chi connectivity index (χ1n) is 7.70. The van der Waals surface area contributed by atoms with Crippen molar-refractivity contribution in [2.45, 2.75) is 0 Å². The van der Waals surface area contributed by atoms with Gasteiger partial charge >= 0.3 is 0 Å². The standard InChI is InChI=1S/C17H15N3O6S/c1-24-11-3-5-12(6-4-11)26-9-15(21)18-17-19-16-13(25-2)7-10(20(22)23)8-14(16)27-17/h3-8H,9H2,1-2H3,(H,18,19,21). The van der Waals surface area contributed by atoms with Crippen LogP contribution in [0.15, 0.2) is 36.4 Å². The number of thiazole rings is 1. The number of hydrogen-bond acceptors (Lipinski definition) is 8. The number of rotatable bonds is 7. The van der Waals surface area contributed by atoms with E-state index >= 15 is 0 Å². The van der Waals surface area contributed by atoms with Crippen LogP contribution in [0.25, 0.3) is 10.2 Å². The van der Waals surface area contributed by atoms with E-state index in [2.05, 4.69) is 10.3 Å². The minimum Gasteiger partial charge on any atom is -0.497 e. The highest BCUT2D eigenvalue weighted by atomic mass is 32.1. The summed E-state index contributed by atoms with van der Waals surface area (Å²) in [4.78, 5) is 26.8. The van der Waals surface area contributed by atoms with Crippen LogP contribution in [0.5, 0.6) is 17.2 Å². The lowest BCUT2D eigenvalue weighted by Crippen LogP contribution is -2.19. The molecule has 0 bridgehead atoms. The van der Waals surface area contributed by atoms with E-state index in [1.807, 2.05) is 0 Å². The Morgan fingerprint density at radius 2 is 1.89 bits per heavy atom. The predicted molar refractivity (Wildman–Crippen MR) is 99.9 cm³/mol. The van der Waals surface area contributed by atoms with E-state index in [-0.39, 0.29) is 18.0 Å². The second-order valence-electron chi connectivity index (χ2n) is 5.28. The van der Waals surface area contributed by atoms with Gasteiger partial charge in [0.05, 0.1) is 29.9 Å². The molecule has 0 spiro atoms. The van der Waals surface area contributed by atoms with Crippen molar-refractivity contribution in [1.29, 1.82) is 0 Å². The molecule has 0 fully saturated rings. The fourth-order valence-electron chi connectivity index (χ4n) is 2.28. The Morgan fingerprint density at radius 3 is 2.52 bits per heavy atom. The molecule has 2 aromatic carbocycles. The molecule has 9 nitrogen and oxygen atoms in total. The minimum absolute atomic E-state index is 0.108. The van der Waals surface area contributed by atoms with Crippen LogP contribution in [0, 0.1) is 10.1 Å². The molecule has 1 aromatic heterocycles. The van der Waals surface area contributed by atoms with Crippen LogP contribution in [0.4, 0.5) is 10.8 Å². The van der Waals surface area contributed by atoms with E-state index in [0.29, 0.717) is 26.8 Å². The summed E-state index contributed by atoms with van der Waals surface area (Å²) in [5.41, 5.74) is 0.336. The van der Waals surface area contributed by atoms with Gasteiger partial charge in [0, 0.05) is 6.07 Å². The number of methoxy groups -OCH3 is 2. The van der Waals surface area contributed by atoms with Crippen LogP contribution in [0.3, 0.4) is 0 Å². The lowest BCUT2D eigenvalue weighted by Gasteiger charge is -2.06. The number of nitrogens with zero attached hydrogens (tertiary/aromatic N) is 2. The maximum atomic E-state index is 12.1. The minimum atomic E-state index is -0.511. The van der Waals surface area contributed by atoms with Crippen molar-refractivity contribution >= 4 is 38.3 Å². The Morgan fingerprint density at radius 1 is 1.19 bits per heavy atom. The summed E-state index contributed by atoms with van der Waals surface area (Å²) in [6, 6.07) is 9.50. The monoisotopic (exact) mass is 389 g/mol. The highest BCUT2D eigenvalue weighted by molar-refractivity contribution is 7.22. The molecule has 0 aliphatic heterocycles. The number of anilines is 1. The molecule has 0 saturated carbocycles. The first-order chi connectivity index (χ1) is 13.0. The quantitative estimate of drug-likeness (QED) is 0.487. The van der Waals surface area contributed by atoms with Crippen molar-refractivity contribution in [3.05, 3.63) is 46.5 Å². The number of nitrogens with one attached hydrogen (secondary N) is 1. The number of amides is 1. The smallest absolute Gasteiger partial charge is 0.274 e. The van der Waals surface area contributed by atoms with E-state index in [1.54, 1.807) is 31.4 Å². The van der Waals surface area contributed by atoms with E-state index in [1.165, 1.54) is 19.2 Å². The van der Waals surface area contributed by atoms with Crippen molar-refractivity contribution in [2.24, 2.45) is 0 Å². The molecule has 10 heteroatoms. The first kappa shape index (κ1) is 18.4. The third-order valence-electron chi connectivity index (χ3n) is 3.55. The van der Waals surface area contributed by atoms with Crippen molar-refractivity contribution < 1.29 is 23.9 Å². The fraction of sp³-hybridized carbons (Fsp3) is 0.176. The van der Waals surface area contributed by atoms with Crippen molar-refractivity contribution in [3.63, 3.8) is 0 Å². The van der Waals surface area contributed by atoms with Gasteiger partial charge in [-0.15, -0.1) is 0 Å². The number of aromatic nitrogens is 1. The lowest BCUT2D eigenvalue weighted by molar-refractivity contribution is -0.384. The van der Waals surface area contributed by atoms with Crippen molar-refractivity contribution in [1.82, 2.24) is 4.98 Å². The highest BCUT2D eigenvalue weighted by Gasteiger charge is 2.17. The summed E-state index contributed by atoms with van der Waals surface area (Å²) in [6.07, 6.45) is 0. The van der Waals surface area contributed by atoms with Crippen LogP contribution in [-0.4, -0.2) is 36.6 Å². The van der Waals surface area contributed by atoms with E-state index in [0.717, 1.165) is 11.3 Å². The average molecular weight is 389 g/mol. The van der Waals surface area contributed by atoms with Gasteiger partial charge in [-0.3, -0.25) is 20.2 Å². The average Bonchev–Trinajstić information content (AvgIpc) is 3.08. The van der Waals surface area contributed by atoms with E-state index in [9.17, 15) is 14.9 Å². The number of benzene rings is 2. The zero-order chi connectivity index (χ0) is 19.4. The van der Waals surface area contributed by atoms with Gasteiger partial charge in [-0.1, -0.05) is 11.3 Å². The van der Waals surface area contributed by atoms with Crippen LogP contribution in [-0.2, 0) is 4.79 Å². The van der Waals surface area contributed by atoms with Crippen molar-refractivity contribution in [3.8, 4) is 17.2 Å². The summed E-state index contributed by atoms with van der Waals surface area (Å²) >= 11 is 1.11. The van der Waals surface area contributed by atoms with Crippen LogP contribution in [0.1, 0.15) is 0 Å². The first-order valence-corrected chi connectivity index (χ1v) is 8.51. The summed E-state index contributed by atoms with van der Waals surface area (Å²) in [7, 11) is 2.96. The SMILES string of the molecule is COc1ccc(OCC(=O)Nc2nc3c(OC)cc([N+](=O)[O-])cc3s2)cc1. The van der Waals surface area contributed by atoms with Crippen molar-refractivity contribution in [2.75, 3.05) is 26.1 Å². The molecule has 0 aliphatic rings. The second-order valence-corrected chi connectivity index (χ2v) is 6.31. The Balaban J connectivity index is 1.69. The van der Waals surface area contributed by atoms with Gasteiger partial charge in [-0.25, -0.2) is 4.98 Å². The molecular weight excluding hydrogens is 374 g/mol. The van der Waals surface area contributed by atoms with Gasteiger partial charge in [0.2, 0.25) is 0 Å². The maximum absolute atomic E-state index is 12.1. The van der Waals surface area contributed by atoms with Gasteiger partial charge in [0.25, 0.3) is 11.6 Å². The fourth-order valence-corrected chi connectivity index (χ4v) is 3.21. The molecule has 27 heavy (non-hydrogen) atoms. The number of nitro benzene ring substituents is 1. The van der Waals surface area contributed by atoms with Gasteiger partial charge < -0.3 is 14.2 Å². The van der Waals surface area contributed by atoms with Crippen LogP contribution < -0.4 is 19.5 Å². The number of carbonyl (C=O) groups is 1. The zero-order valence-electron chi connectivity index (χ0n) is 14.4. The molecule has 0 aliphatic carbocycles. The van der Waals surface area contributed by atoms with E-state index in [4.69, 9.17) is 14.2 Å². The summed E-state index contributed by atoms with van der Waals surface area (Å²) in [6.45, 7) is -0.209. The van der Waals surface area contributed by atoms with Gasteiger partial charge in [-0.05, 0) is 24.3 Å². The normalized spacial score (nSPS) is 10.4. The molecule has 0 atom stereocenters. The van der Waals surface area contributed by atoms with E-state index < -0.39 is 10.8 Å². The molecule has 1 N–H and O–H groups in total. The molecule has 0 radical (unpaired) electrons. The maximum Gasteiger partial charge on any atom is 0.274 e. The molecule has 3 aromatic rings. The molecule has 0 saturated heterocycles. The summed E-state index contributed by atoms with van der Waals surface area (Å²) in [5.74, 6) is 1.07. The molecule has 3 rings (SSSR count). The Hall–Kier alpha value is -3.40. The lowest BCUT2D eigenvalue weighted by atomic mass is 10.3. The predicted octanol–water partition coefficient (Wildman–Crippen LogP) is 3.24.